The monoisotopic (exact) mass is 543 g/mol. The topological polar surface area (TPSA) is 87.2 Å². The average molecular weight is 544 g/mol. The molecule has 3 atom stereocenters. The summed E-state index contributed by atoms with van der Waals surface area (Å²) in [5.41, 5.74) is 1.74. The lowest BCUT2D eigenvalue weighted by Crippen LogP contribution is -2.46. The van der Waals surface area contributed by atoms with Gasteiger partial charge in [-0.15, -0.1) is 0 Å². The average Bonchev–Trinajstić information content (AvgIpc) is 3.27. The maximum absolute atomic E-state index is 14.6. The van der Waals surface area contributed by atoms with Gasteiger partial charge < -0.3 is 25.4 Å². The second-order valence-electron chi connectivity index (χ2n) is 10.3. The van der Waals surface area contributed by atoms with Gasteiger partial charge >= 0.3 is 0 Å². The van der Waals surface area contributed by atoms with Gasteiger partial charge in [-0.25, -0.2) is 9.38 Å². The number of likely N-dealkylation sites (tertiary alicyclic amines) is 1. The number of hydrogen-bond acceptors (Lipinski definition) is 7. The maximum atomic E-state index is 14.6. The number of anilines is 2. The van der Waals surface area contributed by atoms with Crippen molar-refractivity contribution in [3.05, 3.63) is 46.7 Å². The number of likely N-dealkylation sites (N-methyl/N-ethyl adjacent to an activating group) is 1. The fourth-order valence-electron chi connectivity index (χ4n) is 5.54. The molecule has 2 aromatic carbocycles. The van der Waals surface area contributed by atoms with Crippen LogP contribution >= 0.6 is 11.6 Å². The summed E-state index contributed by atoms with van der Waals surface area (Å²) in [6, 6.07) is 8.53. The molecule has 10 heteroatoms. The van der Waals surface area contributed by atoms with Crippen LogP contribution in [0, 0.1) is 5.82 Å². The van der Waals surface area contributed by atoms with Crippen LogP contribution in [-0.2, 0) is 4.79 Å². The molecule has 1 saturated carbocycles. The summed E-state index contributed by atoms with van der Waals surface area (Å²) in [6.45, 7) is 2.52. The Labute approximate surface area is 227 Å². The van der Waals surface area contributed by atoms with Crippen LogP contribution in [0.25, 0.3) is 0 Å². The highest BCUT2D eigenvalue weighted by Crippen LogP contribution is 2.38. The van der Waals surface area contributed by atoms with Crippen LogP contribution in [0.5, 0.6) is 11.5 Å². The zero-order chi connectivity index (χ0) is 26.8. The van der Waals surface area contributed by atoms with Gasteiger partial charge in [-0.1, -0.05) is 36.9 Å². The van der Waals surface area contributed by atoms with Crippen molar-refractivity contribution in [2.75, 3.05) is 31.3 Å². The van der Waals surface area contributed by atoms with Crippen LogP contribution in [0.15, 0.2) is 35.3 Å². The molecule has 2 fully saturated rings. The summed E-state index contributed by atoms with van der Waals surface area (Å²) >= 11 is 5.98. The molecule has 5 rings (SSSR count). The molecule has 0 radical (unpaired) electrons. The van der Waals surface area contributed by atoms with Crippen molar-refractivity contribution in [1.29, 1.82) is 0 Å². The molecule has 2 heterocycles. The molecule has 204 valence electrons. The van der Waals surface area contributed by atoms with Crippen LogP contribution in [0.2, 0.25) is 5.02 Å². The fraction of sp³-hybridized carbons (Fsp3) is 0.500. The first kappa shape index (κ1) is 26.6. The van der Waals surface area contributed by atoms with E-state index in [0.717, 1.165) is 24.1 Å². The first-order valence-corrected chi connectivity index (χ1v) is 13.6. The largest absolute Gasteiger partial charge is 0.493 e. The van der Waals surface area contributed by atoms with Crippen LogP contribution in [0.1, 0.15) is 51.0 Å². The molecule has 3 N–H and O–H groups in total. The van der Waals surface area contributed by atoms with Gasteiger partial charge in [0.15, 0.2) is 17.3 Å². The highest BCUT2D eigenvalue weighted by atomic mass is 35.5. The van der Waals surface area contributed by atoms with Crippen molar-refractivity contribution in [3.8, 4) is 11.5 Å². The maximum Gasteiger partial charge on any atom is 0.237 e. The number of benzene rings is 2. The van der Waals surface area contributed by atoms with Gasteiger partial charge in [0.25, 0.3) is 0 Å². The molecule has 2 aromatic rings. The Morgan fingerprint density at radius 3 is 2.76 bits per heavy atom. The van der Waals surface area contributed by atoms with E-state index < -0.39 is 5.82 Å². The molecular formula is C28H35ClFN5O3. The number of carbonyl (C=O) groups excluding carboxylic acids is 1. The van der Waals surface area contributed by atoms with Crippen molar-refractivity contribution >= 4 is 34.7 Å². The molecular weight excluding hydrogens is 509 g/mol. The number of nitrogens with zero attached hydrogens (tertiary/aromatic N) is 2. The van der Waals surface area contributed by atoms with E-state index in [2.05, 4.69) is 20.9 Å². The van der Waals surface area contributed by atoms with Crippen molar-refractivity contribution in [3.63, 3.8) is 0 Å². The van der Waals surface area contributed by atoms with Gasteiger partial charge in [0.1, 0.15) is 18.1 Å². The minimum absolute atomic E-state index is 0.0315. The number of amidine groups is 1. The molecule has 38 heavy (non-hydrogen) atoms. The Kier molecular flexibility index (Phi) is 7.95. The van der Waals surface area contributed by atoms with Gasteiger partial charge in [-0.3, -0.25) is 9.69 Å². The normalized spacial score (nSPS) is 23.7. The summed E-state index contributed by atoms with van der Waals surface area (Å²) in [5, 5.41) is 9.70. The Balaban J connectivity index is 1.34. The Hall–Kier alpha value is -3.04. The molecule has 1 saturated heterocycles. The Bertz CT molecular complexity index is 1220. The highest BCUT2D eigenvalue weighted by molar-refractivity contribution is 6.31. The number of halogens is 2. The van der Waals surface area contributed by atoms with Gasteiger partial charge in [0.05, 0.1) is 29.5 Å². The summed E-state index contributed by atoms with van der Waals surface area (Å²) in [7, 11) is 3.55. The predicted octanol–water partition coefficient (Wildman–Crippen LogP) is 5.02. The Morgan fingerprint density at radius 1 is 1.21 bits per heavy atom. The van der Waals surface area contributed by atoms with Crippen molar-refractivity contribution in [2.45, 2.75) is 69.8 Å². The van der Waals surface area contributed by atoms with Gasteiger partial charge in [-0.05, 0) is 45.0 Å². The number of methoxy groups -OCH3 is 1. The molecule has 8 nitrogen and oxygen atoms in total. The van der Waals surface area contributed by atoms with Crippen LogP contribution in [0.4, 0.5) is 15.8 Å². The standard InChI is InChI=1S/C28H35ClFN5O3/c1-16-31-22-14-24(37-3)25(13-19(22)27(32-16)34-21-11-7-10-20(29)26(21)30)38-18-12-23(35(2)15-18)28(36)33-17-8-5-4-6-9-17/h7,10-11,13-14,16-18,23,31H,4-6,8-9,12,15H2,1-3H3,(H,32,34)(H,33,36)/t16?,18-,23+/m1/s1. The third kappa shape index (κ3) is 5.68. The molecule has 0 bridgehead atoms. The lowest BCUT2D eigenvalue weighted by Gasteiger charge is -2.26. The van der Waals surface area contributed by atoms with Gasteiger partial charge in [0.2, 0.25) is 5.91 Å². The molecule has 1 unspecified atom stereocenters. The summed E-state index contributed by atoms with van der Waals surface area (Å²) in [4.78, 5) is 19.7. The number of fused-ring (bicyclic) bond motifs is 1. The van der Waals surface area contributed by atoms with Gasteiger partial charge in [-0.2, -0.15) is 0 Å². The molecule has 2 aliphatic heterocycles. The van der Waals surface area contributed by atoms with Crippen LogP contribution in [0.3, 0.4) is 0 Å². The van der Waals surface area contributed by atoms with Crippen molar-refractivity contribution in [1.82, 2.24) is 10.2 Å². The van der Waals surface area contributed by atoms with E-state index in [0.29, 0.717) is 30.3 Å². The number of amides is 1. The quantitative estimate of drug-likeness (QED) is 0.474. The third-order valence-electron chi connectivity index (χ3n) is 7.51. The SMILES string of the molecule is COc1cc2c(cc1O[C@@H]1C[C@@H](C(=O)NC3CCCCC3)N(C)C1)C(Nc1cccc(Cl)c1F)=NC(C)N2. The molecule has 0 aromatic heterocycles. The molecule has 0 spiro atoms. The lowest BCUT2D eigenvalue weighted by molar-refractivity contribution is -0.126. The summed E-state index contributed by atoms with van der Waals surface area (Å²) < 4.78 is 26.7. The minimum atomic E-state index is -0.541. The number of carbonyl (C=O) groups is 1. The second kappa shape index (κ2) is 11.4. The van der Waals surface area contributed by atoms with Crippen LogP contribution in [-0.4, -0.2) is 61.7 Å². The highest BCUT2D eigenvalue weighted by Gasteiger charge is 2.37. The van der Waals surface area contributed by atoms with E-state index in [1.165, 1.54) is 25.3 Å². The number of rotatable bonds is 6. The van der Waals surface area contributed by atoms with Gasteiger partial charge in [0, 0.05) is 30.6 Å². The lowest BCUT2D eigenvalue weighted by atomic mass is 9.95. The fourth-order valence-corrected chi connectivity index (χ4v) is 5.72. The van der Waals surface area contributed by atoms with Crippen LogP contribution < -0.4 is 25.4 Å². The zero-order valence-electron chi connectivity index (χ0n) is 22.0. The van der Waals surface area contributed by atoms with Crippen molar-refractivity contribution < 1.29 is 18.7 Å². The van der Waals surface area contributed by atoms with E-state index in [-0.39, 0.29) is 41.0 Å². The number of hydrogen-bond donors (Lipinski definition) is 3. The van der Waals surface area contributed by atoms with E-state index >= 15 is 0 Å². The van der Waals surface area contributed by atoms with E-state index in [4.69, 9.17) is 21.1 Å². The molecule has 1 amide bonds. The summed E-state index contributed by atoms with van der Waals surface area (Å²) in [5.74, 6) is 1.13. The molecule has 1 aliphatic carbocycles. The van der Waals surface area contributed by atoms with Crippen molar-refractivity contribution in [2.24, 2.45) is 4.99 Å². The van der Waals surface area contributed by atoms with E-state index in [1.807, 2.05) is 31.0 Å². The minimum Gasteiger partial charge on any atom is -0.493 e. The summed E-state index contributed by atoms with van der Waals surface area (Å²) in [6.07, 6.45) is 5.85. The smallest absolute Gasteiger partial charge is 0.237 e. The van der Waals surface area contributed by atoms with E-state index in [1.54, 1.807) is 19.2 Å². The first-order valence-electron chi connectivity index (χ1n) is 13.3. The van der Waals surface area contributed by atoms with E-state index in [9.17, 15) is 9.18 Å². The number of nitrogens with one attached hydrogen (secondary N) is 3. The zero-order valence-corrected chi connectivity index (χ0v) is 22.8. The third-order valence-corrected chi connectivity index (χ3v) is 7.80. The second-order valence-corrected chi connectivity index (χ2v) is 10.8. The first-order chi connectivity index (χ1) is 18.3. The number of ether oxygens (including phenoxy) is 2. The Morgan fingerprint density at radius 2 is 2.00 bits per heavy atom. The predicted molar refractivity (Wildman–Crippen MR) is 148 cm³/mol. The number of aliphatic imine (C=N–C) groups is 1. The molecule has 3 aliphatic rings.